The molecule has 0 bridgehead atoms. The van der Waals surface area contributed by atoms with Gasteiger partial charge in [0, 0.05) is 6.54 Å². The summed E-state index contributed by atoms with van der Waals surface area (Å²) in [5.74, 6) is -1.03. The van der Waals surface area contributed by atoms with Crippen LogP contribution in [0.3, 0.4) is 0 Å². The lowest BCUT2D eigenvalue weighted by molar-refractivity contribution is -0.156. The zero-order chi connectivity index (χ0) is 16.4. The van der Waals surface area contributed by atoms with Gasteiger partial charge in [-0.2, -0.15) is 0 Å². The Morgan fingerprint density at radius 3 is 2.48 bits per heavy atom. The molecule has 1 N–H and O–H groups in total. The van der Waals surface area contributed by atoms with Crippen molar-refractivity contribution in [1.29, 1.82) is 0 Å². The van der Waals surface area contributed by atoms with Crippen molar-refractivity contribution < 1.29 is 14.7 Å². The second-order valence-electron chi connectivity index (χ2n) is 5.92. The number of benzene rings is 2. The van der Waals surface area contributed by atoms with E-state index in [9.17, 15) is 9.59 Å². The highest BCUT2D eigenvalue weighted by molar-refractivity contribution is 5.86. The summed E-state index contributed by atoms with van der Waals surface area (Å²) >= 11 is 0. The summed E-state index contributed by atoms with van der Waals surface area (Å²) in [6, 6.07) is 15.4. The van der Waals surface area contributed by atoms with Gasteiger partial charge in [0.2, 0.25) is 5.91 Å². The van der Waals surface area contributed by atoms with Gasteiger partial charge in [0.25, 0.3) is 0 Å². The van der Waals surface area contributed by atoms with Crippen LogP contribution in [-0.4, -0.2) is 34.5 Å². The van der Waals surface area contributed by atoms with Crippen molar-refractivity contribution in [3.8, 4) is 11.1 Å². The lowest BCUT2D eigenvalue weighted by Gasteiger charge is -2.38. The van der Waals surface area contributed by atoms with E-state index in [1.165, 1.54) is 4.90 Å². The lowest BCUT2D eigenvalue weighted by Crippen LogP contribution is -2.55. The SMILES string of the molecule is Cc1cc(CC(=O)N2CCC2C(=O)O)ccc1-c1ccccc1. The fourth-order valence-corrected chi connectivity index (χ4v) is 3.00. The fourth-order valence-electron chi connectivity index (χ4n) is 3.00. The largest absolute Gasteiger partial charge is 0.480 e. The van der Waals surface area contributed by atoms with Crippen LogP contribution >= 0.6 is 0 Å². The van der Waals surface area contributed by atoms with Crippen LogP contribution in [0.2, 0.25) is 0 Å². The molecule has 0 saturated carbocycles. The third-order valence-electron chi connectivity index (χ3n) is 4.36. The van der Waals surface area contributed by atoms with Crippen molar-refractivity contribution in [2.75, 3.05) is 6.54 Å². The molecule has 1 heterocycles. The average Bonchev–Trinajstić information content (AvgIpc) is 2.46. The maximum atomic E-state index is 12.2. The number of carboxylic acid groups (broad SMARTS) is 1. The van der Waals surface area contributed by atoms with E-state index in [1.807, 2.05) is 43.3 Å². The summed E-state index contributed by atoms with van der Waals surface area (Å²) in [6.07, 6.45) is 0.798. The summed E-state index contributed by atoms with van der Waals surface area (Å²) in [5, 5.41) is 9.03. The number of aryl methyl sites for hydroxylation is 1. The topological polar surface area (TPSA) is 57.6 Å². The highest BCUT2D eigenvalue weighted by atomic mass is 16.4. The minimum atomic E-state index is -0.916. The van der Waals surface area contributed by atoms with Crippen LogP contribution in [0.1, 0.15) is 17.5 Å². The summed E-state index contributed by atoms with van der Waals surface area (Å²) < 4.78 is 0. The Balaban J connectivity index is 1.74. The molecule has 0 aliphatic carbocycles. The Morgan fingerprint density at radius 2 is 1.91 bits per heavy atom. The molecular formula is C19H19NO3. The molecule has 1 aliphatic rings. The maximum absolute atomic E-state index is 12.2. The van der Waals surface area contributed by atoms with Gasteiger partial charge in [0.1, 0.15) is 6.04 Å². The van der Waals surface area contributed by atoms with Gasteiger partial charge in [-0.15, -0.1) is 0 Å². The molecule has 0 radical (unpaired) electrons. The van der Waals surface area contributed by atoms with Crippen molar-refractivity contribution in [2.24, 2.45) is 0 Å². The monoisotopic (exact) mass is 309 g/mol. The lowest BCUT2D eigenvalue weighted by atomic mass is 9.96. The number of nitrogens with zero attached hydrogens (tertiary/aromatic N) is 1. The molecule has 1 amide bonds. The summed E-state index contributed by atoms with van der Waals surface area (Å²) in [4.78, 5) is 24.7. The van der Waals surface area contributed by atoms with Gasteiger partial charge in [0.15, 0.2) is 0 Å². The number of hydrogen-bond acceptors (Lipinski definition) is 2. The smallest absolute Gasteiger partial charge is 0.326 e. The number of carbonyl (C=O) groups excluding carboxylic acids is 1. The Labute approximate surface area is 135 Å². The van der Waals surface area contributed by atoms with Crippen molar-refractivity contribution >= 4 is 11.9 Å². The molecule has 0 aromatic heterocycles. The van der Waals surface area contributed by atoms with Crippen LogP contribution in [0.15, 0.2) is 48.5 Å². The molecule has 1 saturated heterocycles. The number of rotatable bonds is 4. The van der Waals surface area contributed by atoms with Crippen LogP contribution in [0.25, 0.3) is 11.1 Å². The van der Waals surface area contributed by atoms with E-state index in [0.717, 1.165) is 22.3 Å². The Morgan fingerprint density at radius 1 is 1.17 bits per heavy atom. The molecule has 118 valence electrons. The quantitative estimate of drug-likeness (QED) is 0.945. The van der Waals surface area contributed by atoms with E-state index in [2.05, 4.69) is 12.1 Å². The van der Waals surface area contributed by atoms with Gasteiger partial charge in [0.05, 0.1) is 6.42 Å². The molecule has 2 aromatic carbocycles. The molecule has 4 heteroatoms. The number of hydrogen-bond donors (Lipinski definition) is 1. The second kappa shape index (κ2) is 6.24. The first kappa shape index (κ1) is 15.3. The van der Waals surface area contributed by atoms with Crippen LogP contribution in [-0.2, 0) is 16.0 Å². The number of carbonyl (C=O) groups is 2. The first-order valence-corrected chi connectivity index (χ1v) is 7.73. The van der Waals surface area contributed by atoms with E-state index < -0.39 is 12.0 Å². The first-order valence-electron chi connectivity index (χ1n) is 7.73. The minimum absolute atomic E-state index is 0.115. The molecule has 1 fully saturated rings. The number of likely N-dealkylation sites (tertiary alicyclic amines) is 1. The van der Waals surface area contributed by atoms with Gasteiger partial charge in [-0.3, -0.25) is 4.79 Å². The number of aliphatic carboxylic acids is 1. The van der Waals surface area contributed by atoms with Crippen molar-refractivity contribution in [3.05, 3.63) is 59.7 Å². The van der Waals surface area contributed by atoms with E-state index >= 15 is 0 Å². The van der Waals surface area contributed by atoms with Crippen molar-refractivity contribution in [1.82, 2.24) is 4.90 Å². The maximum Gasteiger partial charge on any atom is 0.326 e. The van der Waals surface area contributed by atoms with Crippen LogP contribution < -0.4 is 0 Å². The molecule has 4 nitrogen and oxygen atoms in total. The predicted octanol–water partition coefficient (Wildman–Crippen LogP) is 2.89. The fraction of sp³-hybridized carbons (Fsp3) is 0.263. The van der Waals surface area contributed by atoms with Gasteiger partial charge in [-0.1, -0.05) is 48.5 Å². The zero-order valence-corrected chi connectivity index (χ0v) is 13.0. The molecule has 23 heavy (non-hydrogen) atoms. The van der Waals surface area contributed by atoms with Crippen molar-refractivity contribution in [2.45, 2.75) is 25.8 Å². The normalized spacial score (nSPS) is 16.7. The van der Waals surface area contributed by atoms with Gasteiger partial charge >= 0.3 is 5.97 Å². The molecule has 1 unspecified atom stereocenters. The molecule has 3 rings (SSSR count). The number of amides is 1. The van der Waals surface area contributed by atoms with E-state index in [-0.39, 0.29) is 12.3 Å². The predicted molar refractivity (Wildman–Crippen MR) is 88.1 cm³/mol. The van der Waals surface area contributed by atoms with Crippen LogP contribution in [0, 0.1) is 6.92 Å². The number of carboxylic acids is 1. The Bertz CT molecular complexity index is 740. The van der Waals surface area contributed by atoms with E-state index in [4.69, 9.17) is 5.11 Å². The summed E-state index contributed by atoms with van der Waals surface area (Å²) in [6.45, 7) is 2.57. The third-order valence-corrected chi connectivity index (χ3v) is 4.36. The standard InChI is InChI=1S/C19H19NO3/c1-13-11-14(7-8-16(13)15-5-3-2-4-6-15)12-18(21)20-10-9-17(20)19(22)23/h2-8,11,17H,9-10,12H2,1H3,(H,22,23). The molecule has 1 atom stereocenters. The highest BCUT2D eigenvalue weighted by Gasteiger charge is 2.37. The van der Waals surface area contributed by atoms with E-state index in [1.54, 1.807) is 0 Å². The van der Waals surface area contributed by atoms with Gasteiger partial charge < -0.3 is 10.0 Å². The van der Waals surface area contributed by atoms with Gasteiger partial charge in [-0.25, -0.2) is 4.79 Å². The van der Waals surface area contributed by atoms with E-state index in [0.29, 0.717) is 13.0 Å². The molecule has 1 aliphatic heterocycles. The Hall–Kier alpha value is -2.62. The molecule has 2 aromatic rings. The molecular weight excluding hydrogens is 290 g/mol. The zero-order valence-electron chi connectivity index (χ0n) is 13.0. The Kier molecular flexibility index (Phi) is 4.15. The first-order chi connectivity index (χ1) is 11.1. The van der Waals surface area contributed by atoms with Crippen LogP contribution in [0.5, 0.6) is 0 Å². The van der Waals surface area contributed by atoms with Crippen LogP contribution in [0.4, 0.5) is 0 Å². The highest BCUT2D eigenvalue weighted by Crippen LogP contribution is 2.25. The average molecular weight is 309 g/mol. The van der Waals surface area contributed by atoms with Crippen molar-refractivity contribution in [3.63, 3.8) is 0 Å². The minimum Gasteiger partial charge on any atom is -0.480 e. The second-order valence-corrected chi connectivity index (χ2v) is 5.92. The molecule has 0 spiro atoms. The summed E-state index contributed by atoms with van der Waals surface area (Å²) in [5.41, 5.74) is 4.33. The third kappa shape index (κ3) is 3.11. The van der Waals surface area contributed by atoms with Gasteiger partial charge in [-0.05, 0) is 35.6 Å². The summed E-state index contributed by atoms with van der Waals surface area (Å²) in [7, 11) is 0.